The van der Waals surface area contributed by atoms with Crippen LogP contribution in [-0.2, 0) is 11.2 Å². The van der Waals surface area contributed by atoms with Crippen molar-refractivity contribution in [3.8, 4) is 0 Å². The second-order valence-corrected chi connectivity index (χ2v) is 7.07. The Morgan fingerprint density at radius 2 is 2.04 bits per heavy atom. The number of furan rings is 1. The van der Waals surface area contributed by atoms with E-state index in [4.69, 9.17) is 9.15 Å². The van der Waals surface area contributed by atoms with Gasteiger partial charge in [0.15, 0.2) is 5.76 Å². The van der Waals surface area contributed by atoms with Gasteiger partial charge in [-0.25, -0.2) is 10.2 Å². The van der Waals surface area contributed by atoms with Gasteiger partial charge >= 0.3 is 6.09 Å². The smallest absolute Gasteiger partial charge is 0.427 e. The molecule has 7 heteroatoms. The van der Waals surface area contributed by atoms with Crippen molar-refractivity contribution in [2.45, 2.75) is 52.9 Å². The molecule has 1 fully saturated rings. The van der Waals surface area contributed by atoms with E-state index in [-0.39, 0.29) is 5.91 Å². The summed E-state index contributed by atoms with van der Waals surface area (Å²) in [5, 5.41) is 4.21. The molecule has 3 rings (SSSR count). The molecule has 1 aliphatic heterocycles. The lowest BCUT2D eigenvalue weighted by molar-refractivity contribution is 0.0662. The molecule has 0 unspecified atom stereocenters. The molecule has 1 saturated heterocycles. The first kappa shape index (κ1) is 18.5. The summed E-state index contributed by atoms with van der Waals surface area (Å²) >= 11 is 0. The van der Waals surface area contributed by atoms with Gasteiger partial charge in [0.1, 0.15) is 5.76 Å². The number of piperidine rings is 1. The Balaban J connectivity index is 1.82. The fourth-order valence-electron chi connectivity index (χ4n) is 3.62. The first-order valence-corrected chi connectivity index (χ1v) is 9.42. The maximum atomic E-state index is 12.9. The van der Waals surface area contributed by atoms with Crippen LogP contribution in [0.3, 0.4) is 0 Å². The number of hydrogen-bond donors (Lipinski definition) is 1. The van der Waals surface area contributed by atoms with Crippen LogP contribution in [0.25, 0.3) is 0 Å². The molecule has 1 aromatic heterocycles. The number of carbonyl (C=O) groups is 2. The molecule has 0 bridgehead atoms. The van der Waals surface area contributed by atoms with Gasteiger partial charge in [-0.05, 0) is 45.4 Å². The van der Waals surface area contributed by atoms with Crippen LogP contribution in [0.5, 0.6) is 0 Å². The zero-order chi connectivity index (χ0) is 18.7. The van der Waals surface area contributed by atoms with Crippen molar-refractivity contribution in [3.05, 3.63) is 22.6 Å². The van der Waals surface area contributed by atoms with Gasteiger partial charge in [-0.3, -0.25) is 4.79 Å². The minimum atomic E-state index is -0.577. The van der Waals surface area contributed by atoms with E-state index >= 15 is 0 Å². The predicted molar refractivity (Wildman–Crippen MR) is 97.4 cm³/mol. The van der Waals surface area contributed by atoms with E-state index in [1.807, 2.05) is 11.8 Å². The van der Waals surface area contributed by atoms with Crippen molar-refractivity contribution in [2.75, 3.05) is 19.7 Å². The second kappa shape index (κ2) is 7.93. The average molecular weight is 361 g/mol. The molecule has 0 saturated carbocycles. The number of nitrogens with one attached hydrogen (secondary N) is 1. The molecule has 1 N–H and O–H groups in total. The minimum Gasteiger partial charge on any atom is -0.455 e. The molecular formula is C19H27N3O4. The fraction of sp³-hybridized carbons (Fsp3) is 0.632. The predicted octanol–water partition coefficient (Wildman–Crippen LogP) is 3.25. The van der Waals surface area contributed by atoms with Crippen molar-refractivity contribution >= 4 is 17.7 Å². The van der Waals surface area contributed by atoms with Crippen molar-refractivity contribution in [2.24, 2.45) is 11.0 Å². The summed E-state index contributed by atoms with van der Waals surface area (Å²) in [6.45, 7) is 7.70. The molecule has 142 valence electrons. The van der Waals surface area contributed by atoms with E-state index in [2.05, 4.69) is 17.5 Å². The summed E-state index contributed by atoms with van der Waals surface area (Å²) in [4.78, 5) is 26.3. The Bertz CT molecular complexity index is 715. The topological polar surface area (TPSA) is 84.1 Å². The molecule has 1 aliphatic carbocycles. The minimum absolute atomic E-state index is 0.0403. The van der Waals surface area contributed by atoms with Crippen LogP contribution in [0.4, 0.5) is 4.79 Å². The van der Waals surface area contributed by atoms with Gasteiger partial charge in [-0.1, -0.05) is 6.92 Å². The standard InChI is InChI=1S/C19H27N3O4/c1-4-25-19(24)21-20-14-6-5-7-15-16(14)13(3)17(26-15)18(23)22-10-8-12(2)9-11-22/h12H,4-11H2,1-3H3,(H,21,24)/b20-14+. The number of amides is 2. The number of hydrogen-bond acceptors (Lipinski definition) is 5. The van der Waals surface area contributed by atoms with E-state index in [1.54, 1.807) is 6.92 Å². The van der Waals surface area contributed by atoms with Crippen LogP contribution in [0.15, 0.2) is 9.52 Å². The lowest BCUT2D eigenvalue weighted by Crippen LogP contribution is -2.38. The third-order valence-corrected chi connectivity index (χ3v) is 5.15. The highest BCUT2D eigenvalue weighted by Crippen LogP contribution is 2.31. The van der Waals surface area contributed by atoms with Crippen molar-refractivity contribution in [3.63, 3.8) is 0 Å². The third kappa shape index (κ3) is 3.76. The number of ether oxygens (including phenoxy) is 1. The summed E-state index contributed by atoms with van der Waals surface area (Å²) in [5.74, 6) is 1.82. The first-order valence-electron chi connectivity index (χ1n) is 9.42. The highest BCUT2D eigenvalue weighted by atomic mass is 16.5. The number of aryl methyl sites for hydroxylation is 1. The molecular weight excluding hydrogens is 334 g/mol. The van der Waals surface area contributed by atoms with Gasteiger partial charge in [-0.15, -0.1) is 0 Å². The van der Waals surface area contributed by atoms with Crippen LogP contribution in [-0.4, -0.2) is 42.3 Å². The number of nitrogens with zero attached hydrogens (tertiary/aromatic N) is 2. The van der Waals surface area contributed by atoms with Crippen molar-refractivity contribution < 1.29 is 18.7 Å². The molecule has 0 spiro atoms. The Morgan fingerprint density at radius 3 is 2.73 bits per heavy atom. The summed E-state index contributed by atoms with van der Waals surface area (Å²) < 4.78 is 10.8. The van der Waals surface area contributed by atoms with Crippen LogP contribution in [0.2, 0.25) is 0 Å². The number of carbonyl (C=O) groups excluding carboxylic acids is 2. The normalized spacial score (nSPS) is 19.3. The summed E-state index contributed by atoms with van der Waals surface area (Å²) in [6, 6.07) is 0. The zero-order valence-electron chi connectivity index (χ0n) is 15.8. The maximum absolute atomic E-state index is 12.9. The number of rotatable bonds is 3. The van der Waals surface area contributed by atoms with Crippen LogP contribution in [0.1, 0.15) is 67.0 Å². The average Bonchev–Trinajstić information content (AvgIpc) is 2.98. The van der Waals surface area contributed by atoms with Crippen molar-refractivity contribution in [1.29, 1.82) is 0 Å². The second-order valence-electron chi connectivity index (χ2n) is 7.07. The Morgan fingerprint density at radius 1 is 1.31 bits per heavy atom. The van der Waals surface area contributed by atoms with Gasteiger partial charge in [-0.2, -0.15) is 5.10 Å². The molecule has 2 aliphatic rings. The van der Waals surface area contributed by atoms with E-state index < -0.39 is 6.09 Å². The molecule has 0 atom stereocenters. The monoisotopic (exact) mass is 361 g/mol. The van der Waals surface area contributed by atoms with Gasteiger partial charge in [0, 0.05) is 30.6 Å². The number of likely N-dealkylation sites (tertiary alicyclic amines) is 1. The lowest BCUT2D eigenvalue weighted by Gasteiger charge is -2.29. The van der Waals surface area contributed by atoms with Crippen LogP contribution >= 0.6 is 0 Å². The lowest BCUT2D eigenvalue weighted by atomic mass is 9.93. The van der Waals surface area contributed by atoms with E-state index in [9.17, 15) is 9.59 Å². The molecule has 2 heterocycles. The quantitative estimate of drug-likeness (QED) is 0.838. The van der Waals surface area contributed by atoms with Crippen LogP contribution in [0, 0.1) is 12.8 Å². The first-order chi connectivity index (χ1) is 12.5. The molecule has 0 radical (unpaired) electrons. The van der Waals surface area contributed by atoms with Crippen molar-refractivity contribution in [1.82, 2.24) is 10.3 Å². The number of fused-ring (bicyclic) bond motifs is 1. The zero-order valence-corrected chi connectivity index (χ0v) is 15.8. The van der Waals surface area contributed by atoms with E-state index in [0.717, 1.165) is 67.8 Å². The summed E-state index contributed by atoms with van der Waals surface area (Å²) in [7, 11) is 0. The highest BCUT2D eigenvalue weighted by Gasteiger charge is 2.31. The molecule has 26 heavy (non-hydrogen) atoms. The molecule has 0 aromatic carbocycles. The van der Waals surface area contributed by atoms with E-state index in [0.29, 0.717) is 18.3 Å². The molecule has 2 amide bonds. The largest absolute Gasteiger partial charge is 0.455 e. The van der Waals surface area contributed by atoms with Gasteiger partial charge in [0.2, 0.25) is 0 Å². The van der Waals surface area contributed by atoms with Gasteiger partial charge in [0.25, 0.3) is 5.91 Å². The van der Waals surface area contributed by atoms with Gasteiger partial charge in [0.05, 0.1) is 12.3 Å². The fourth-order valence-corrected chi connectivity index (χ4v) is 3.62. The third-order valence-electron chi connectivity index (χ3n) is 5.15. The molecule has 1 aromatic rings. The summed E-state index contributed by atoms with van der Waals surface area (Å²) in [5.41, 5.74) is 4.84. The van der Waals surface area contributed by atoms with E-state index in [1.165, 1.54) is 0 Å². The summed E-state index contributed by atoms with van der Waals surface area (Å²) in [6.07, 6.45) is 3.86. The van der Waals surface area contributed by atoms with Crippen LogP contribution < -0.4 is 5.43 Å². The number of hydrazone groups is 1. The maximum Gasteiger partial charge on any atom is 0.427 e. The SMILES string of the molecule is CCOC(=O)N/N=C1\CCCc2oc(C(=O)N3CCC(C)CC3)c(C)c21. The Labute approximate surface area is 153 Å². The Kier molecular flexibility index (Phi) is 5.64. The Hall–Kier alpha value is -2.31. The van der Waals surface area contributed by atoms with Gasteiger partial charge < -0.3 is 14.1 Å². The molecule has 7 nitrogen and oxygen atoms in total. The highest BCUT2D eigenvalue weighted by molar-refractivity contribution is 6.06.